The van der Waals surface area contributed by atoms with Gasteiger partial charge in [-0.15, -0.1) is 0 Å². The summed E-state index contributed by atoms with van der Waals surface area (Å²) in [6.07, 6.45) is 3.62. The number of amides is 1. The van der Waals surface area contributed by atoms with E-state index in [4.69, 9.17) is 0 Å². The Morgan fingerprint density at radius 1 is 1.30 bits per heavy atom. The van der Waals surface area contributed by atoms with Crippen molar-refractivity contribution in [3.05, 3.63) is 53.9 Å². The van der Waals surface area contributed by atoms with Crippen molar-refractivity contribution in [1.82, 2.24) is 4.98 Å². The van der Waals surface area contributed by atoms with Crippen molar-refractivity contribution in [2.75, 3.05) is 10.6 Å². The van der Waals surface area contributed by atoms with Crippen LogP contribution in [0.1, 0.15) is 31.0 Å². The topological polar surface area (TPSA) is 54.0 Å². The summed E-state index contributed by atoms with van der Waals surface area (Å²) in [6.45, 7) is 5.58. The lowest BCUT2D eigenvalue weighted by Crippen LogP contribution is -2.09. The van der Waals surface area contributed by atoms with Crippen LogP contribution in [-0.2, 0) is 4.79 Å². The van der Waals surface area contributed by atoms with Crippen LogP contribution in [0.25, 0.3) is 0 Å². The molecule has 104 valence electrons. The first kappa shape index (κ1) is 14.1. The van der Waals surface area contributed by atoms with Crippen molar-refractivity contribution in [2.24, 2.45) is 0 Å². The fourth-order valence-electron chi connectivity index (χ4n) is 2.05. The molecule has 2 rings (SSSR count). The number of aromatic nitrogens is 1. The van der Waals surface area contributed by atoms with Crippen molar-refractivity contribution >= 4 is 17.3 Å². The third-order valence-corrected chi connectivity index (χ3v) is 3.10. The maximum atomic E-state index is 11.1. The van der Waals surface area contributed by atoms with Crippen LogP contribution < -0.4 is 10.6 Å². The number of hydrogen-bond donors (Lipinski definition) is 2. The number of hydrogen-bond acceptors (Lipinski definition) is 3. The van der Waals surface area contributed by atoms with Crippen LogP contribution in [0.5, 0.6) is 0 Å². The zero-order chi connectivity index (χ0) is 14.5. The molecule has 1 aromatic carbocycles. The molecule has 1 heterocycles. The first-order valence-electron chi connectivity index (χ1n) is 6.61. The number of aryl methyl sites for hydroxylation is 1. The maximum Gasteiger partial charge on any atom is 0.221 e. The zero-order valence-corrected chi connectivity index (χ0v) is 12.0. The SMILES string of the molecule is CC(=O)Nc1ccc(NC(C)c2cccnc2)cc1C. The highest BCUT2D eigenvalue weighted by Gasteiger charge is 2.06. The van der Waals surface area contributed by atoms with E-state index in [0.717, 1.165) is 22.5 Å². The van der Waals surface area contributed by atoms with Crippen molar-refractivity contribution in [3.63, 3.8) is 0 Å². The molecule has 4 nitrogen and oxygen atoms in total. The molecule has 0 bridgehead atoms. The number of rotatable bonds is 4. The molecule has 1 amide bonds. The van der Waals surface area contributed by atoms with Crippen LogP contribution in [0.2, 0.25) is 0 Å². The predicted molar refractivity (Wildman–Crippen MR) is 81.8 cm³/mol. The van der Waals surface area contributed by atoms with Gasteiger partial charge in [-0.2, -0.15) is 0 Å². The van der Waals surface area contributed by atoms with Gasteiger partial charge >= 0.3 is 0 Å². The standard InChI is InChI=1S/C16H19N3O/c1-11-9-15(6-7-16(11)19-13(3)20)18-12(2)14-5-4-8-17-10-14/h4-10,12,18H,1-3H3,(H,19,20). The Kier molecular flexibility index (Phi) is 4.35. The van der Waals surface area contributed by atoms with Gasteiger partial charge in [0, 0.05) is 30.7 Å². The average molecular weight is 269 g/mol. The highest BCUT2D eigenvalue weighted by Crippen LogP contribution is 2.23. The van der Waals surface area contributed by atoms with Crippen LogP contribution in [0, 0.1) is 6.92 Å². The zero-order valence-electron chi connectivity index (χ0n) is 12.0. The van der Waals surface area contributed by atoms with E-state index in [2.05, 4.69) is 22.5 Å². The van der Waals surface area contributed by atoms with Gasteiger partial charge in [0.1, 0.15) is 0 Å². The third-order valence-electron chi connectivity index (χ3n) is 3.10. The van der Waals surface area contributed by atoms with E-state index in [-0.39, 0.29) is 11.9 Å². The molecule has 0 spiro atoms. The van der Waals surface area contributed by atoms with Crippen molar-refractivity contribution in [3.8, 4) is 0 Å². The molecule has 0 aliphatic rings. The van der Waals surface area contributed by atoms with Crippen LogP contribution in [-0.4, -0.2) is 10.9 Å². The quantitative estimate of drug-likeness (QED) is 0.893. The predicted octanol–water partition coefficient (Wildman–Crippen LogP) is 3.52. The van der Waals surface area contributed by atoms with Crippen LogP contribution in [0.15, 0.2) is 42.7 Å². The molecule has 1 aromatic heterocycles. The molecular formula is C16H19N3O. The third kappa shape index (κ3) is 3.57. The molecule has 2 aromatic rings. The molecular weight excluding hydrogens is 250 g/mol. The average Bonchev–Trinajstić information content (AvgIpc) is 2.42. The van der Waals surface area contributed by atoms with E-state index < -0.39 is 0 Å². The maximum absolute atomic E-state index is 11.1. The van der Waals surface area contributed by atoms with E-state index in [1.165, 1.54) is 6.92 Å². The summed E-state index contributed by atoms with van der Waals surface area (Å²) < 4.78 is 0. The molecule has 0 aliphatic carbocycles. The molecule has 1 atom stereocenters. The Morgan fingerprint density at radius 2 is 2.10 bits per heavy atom. The van der Waals surface area contributed by atoms with E-state index in [9.17, 15) is 4.79 Å². The fraction of sp³-hybridized carbons (Fsp3) is 0.250. The minimum Gasteiger partial charge on any atom is -0.378 e. The van der Waals surface area contributed by atoms with Crippen LogP contribution in [0.3, 0.4) is 0 Å². The van der Waals surface area contributed by atoms with Crippen molar-refractivity contribution in [2.45, 2.75) is 26.8 Å². The Hall–Kier alpha value is -2.36. The van der Waals surface area contributed by atoms with Crippen molar-refractivity contribution in [1.29, 1.82) is 0 Å². The lowest BCUT2D eigenvalue weighted by atomic mass is 10.1. The highest BCUT2D eigenvalue weighted by molar-refractivity contribution is 5.89. The van der Waals surface area contributed by atoms with E-state index in [1.54, 1.807) is 6.20 Å². The minimum absolute atomic E-state index is 0.0578. The van der Waals surface area contributed by atoms with Gasteiger partial charge in [0.05, 0.1) is 6.04 Å². The second kappa shape index (κ2) is 6.19. The Morgan fingerprint density at radius 3 is 2.70 bits per heavy atom. The van der Waals surface area contributed by atoms with Gasteiger partial charge in [0.2, 0.25) is 5.91 Å². The normalized spacial score (nSPS) is 11.8. The Labute approximate surface area is 119 Å². The van der Waals surface area contributed by atoms with Crippen LogP contribution in [0.4, 0.5) is 11.4 Å². The summed E-state index contributed by atoms with van der Waals surface area (Å²) in [5.41, 5.74) is 4.03. The Balaban J connectivity index is 2.10. The number of carbonyl (C=O) groups excluding carboxylic acids is 1. The van der Waals surface area contributed by atoms with Gasteiger partial charge in [0.15, 0.2) is 0 Å². The summed E-state index contributed by atoms with van der Waals surface area (Å²) >= 11 is 0. The minimum atomic E-state index is -0.0578. The smallest absolute Gasteiger partial charge is 0.221 e. The number of benzene rings is 1. The fourth-order valence-corrected chi connectivity index (χ4v) is 2.05. The summed E-state index contributed by atoms with van der Waals surface area (Å²) in [4.78, 5) is 15.2. The van der Waals surface area contributed by atoms with Gasteiger partial charge < -0.3 is 10.6 Å². The lowest BCUT2D eigenvalue weighted by Gasteiger charge is -2.16. The number of pyridine rings is 1. The number of carbonyl (C=O) groups is 1. The second-order valence-corrected chi connectivity index (χ2v) is 4.86. The second-order valence-electron chi connectivity index (χ2n) is 4.86. The van der Waals surface area contributed by atoms with Gasteiger partial charge in [-0.25, -0.2) is 0 Å². The van der Waals surface area contributed by atoms with Gasteiger partial charge in [-0.05, 0) is 49.2 Å². The summed E-state index contributed by atoms with van der Waals surface area (Å²) in [5, 5.41) is 6.24. The van der Waals surface area contributed by atoms with Gasteiger partial charge in [-0.1, -0.05) is 6.07 Å². The summed E-state index contributed by atoms with van der Waals surface area (Å²) in [7, 11) is 0. The van der Waals surface area contributed by atoms with Gasteiger partial charge in [0.25, 0.3) is 0 Å². The molecule has 0 radical (unpaired) electrons. The summed E-state index contributed by atoms with van der Waals surface area (Å²) in [5.74, 6) is -0.0578. The monoisotopic (exact) mass is 269 g/mol. The first-order valence-corrected chi connectivity index (χ1v) is 6.61. The molecule has 0 fully saturated rings. The largest absolute Gasteiger partial charge is 0.378 e. The number of anilines is 2. The molecule has 2 N–H and O–H groups in total. The number of nitrogens with zero attached hydrogens (tertiary/aromatic N) is 1. The summed E-state index contributed by atoms with van der Waals surface area (Å²) in [6, 6.07) is 10.1. The van der Waals surface area contributed by atoms with Crippen LogP contribution >= 0.6 is 0 Å². The van der Waals surface area contributed by atoms with E-state index in [1.807, 2.05) is 43.5 Å². The number of nitrogens with one attached hydrogen (secondary N) is 2. The molecule has 1 unspecified atom stereocenters. The molecule has 0 saturated carbocycles. The molecule has 0 aliphatic heterocycles. The first-order chi connectivity index (χ1) is 9.56. The van der Waals surface area contributed by atoms with Gasteiger partial charge in [-0.3, -0.25) is 9.78 Å². The Bertz CT molecular complexity index is 596. The lowest BCUT2D eigenvalue weighted by molar-refractivity contribution is -0.114. The van der Waals surface area contributed by atoms with E-state index in [0.29, 0.717) is 0 Å². The van der Waals surface area contributed by atoms with E-state index >= 15 is 0 Å². The van der Waals surface area contributed by atoms with Crippen molar-refractivity contribution < 1.29 is 4.79 Å². The molecule has 0 saturated heterocycles. The molecule has 4 heteroatoms. The highest BCUT2D eigenvalue weighted by atomic mass is 16.1. The molecule has 20 heavy (non-hydrogen) atoms.